The molecule has 0 aliphatic carbocycles. The molecule has 0 unspecified atom stereocenters. The van der Waals surface area contributed by atoms with Crippen LogP contribution in [0.1, 0.15) is 22.3 Å². The number of hydrogen-bond donors (Lipinski definition) is 3. The van der Waals surface area contributed by atoms with Gasteiger partial charge in [-0.05, 0) is 72.1 Å². The van der Waals surface area contributed by atoms with Crippen molar-refractivity contribution < 1.29 is 0 Å². The fraction of sp³-hybridized carbons (Fsp3) is 0.119. The third kappa shape index (κ3) is 12.4. The monoisotopic (exact) mass is 947 g/mol. The second-order valence-corrected chi connectivity index (χ2v) is 14.5. The molecule has 7 nitrogen and oxygen atoms in total. The van der Waals surface area contributed by atoms with Gasteiger partial charge in [0.1, 0.15) is 16.2 Å². The first-order valence-electron chi connectivity index (χ1n) is 15.6. The van der Waals surface area contributed by atoms with Gasteiger partial charge >= 0.3 is 0 Å². The number of halogens is 3. The minimum atomic E-state index is 0. The Labute approximate surface area is 353 Å². The van der Waals surface area contributed by atoms with Gasteiger partial charge < -0.3 is 15.6 Å². The summed E-state index contributed by atoms with van der Waals surface area (Å²) in [5.74, 6) is 1.83. The van der Waals surface area contributed by atoms with Crippen molar-refractivity contribution in [3.8, 4) is 0 Å². The number of pyridine rings is 5. The SMILES string of the molecule is Brc1cnc(Br)c2ccccc12.C.C.C.CNc1ncc(Br)c2ccccc12.CNc1ncc(Sc2ccncc2)c2ccccc12.S=c1cc[nH]cc1. The lowest BCUT2D eigenvalue weighted by Crippen LogP contribution is -1.94. The molecule has 3 N–H and O–H groups in total. The molecule has 0 saturated carbocycles. The zero-order valence-electron chi connectivity index (χ0n) is 27.5. The number of benzene rings is 3. The Morgan fingerprint density at radius 1 is 0.556 bits per heavy atom. The normalized spacial score (nSPS) is 9.65. The number of aromatic nitrogens is 5. The second kappa shape index (κ2) is 23.6. The minimum absolute atomic E-state index is 0. The highest BCUT2D eigenvalue weighted by Gasteiger charge is 2.07. The average molecular weight is 951 g/mol. The van der Waals surface area contributed by atoms with Crippen molar-refractivity contribution in [3.63, 3.8) is 0 Å². The topological polar surface area (TPSA) is 91.4 Å². The molecule has 0 spiro atoms. The van der Waals surface area contributed by atoms with Crippen LogP contribution >= 0.6 is 71.8 Å². The Hall–Kier alpha value is -4.20. The van der Waals surface area contributed by atoms with E-state index in [1.165, 1.54) is 21.1 Å². The van der Waals surface area contributed by atoms with Gasteiger partial charge in [-0.3, -0.25) is 4.98 Å². The molecule has 0 saturated heterocycles. The molecule has 54 heavy (non-hydrogen) atoms. The number of nitrogens with zero attached hydrogens (tertiary/aromatic N) is 4. The zero-order valence-corrected chi connectivity index (χ0v) is 33.9. The second-order valence-electron chi connectivity index (χ2n) is 10.5. The summed E-state index contributed by atoms with van der Waals surface area (Å²) in [4.78, 5) is 22.1. The van der Waals surface area contributed by atoms with Crippen molar-refractivity contribution >= 4 is 116 Å². The van der Waals surface area contributed by atoms with Crippen LogP contribution in [0.15, 0.2) is 164 Å². The van der Waals surface area contributed by atoms with Gasteiger partial charge in [0, 0.05) is 113 Å². The third-order valence-corrected chi connectivity index (χ3v) is 10.5. The van der Waals surface area contributed by atoms with E-state index in [1.54, 1.807) is 30.4 Å². The molecular formula is C42H44Br3N7S2. The van der Waals surface area contributed by atoms with Gasteiger partial charge in [0.05, 0.1) is 0 Å². The van der Waals surface area contributed by atoms with E-state index in [9.17, 15) is 0 Å². The fourth-order valence-electron chi connectivity index (χ4n) is 4.83. The first-order chi connectivity index (χ1) is 24.9. The van der Waals surface area contributed by atoms with Gasteiger partial charge in [0.25, 0.3) is 0 Å². The molecule has 280 valence electrons. The molecule has 12 heteroatoms. The predicted octanol–water partition coefficient (Wildman–Crippen LogP) is 14.3. The van der Waals surface area contributed by atoms with Crippen LogP contribution in [0.2, 0.25) is 0 Å². The summed E-state index contributed by atoms with van der Waals surface area (Å²) in [5.41, 5.74) is 0. The third-order valence-electron chi connectivity index (χ3n) is 7.24. The van der Waals surface area contributed by atoms with E-state index in [0.717, 1.165) is 50.7 Å². The number of hydrogen-bond acceptors (Lipinski definition) is 8. The summed E-state index contributed by atoms with van der Waals surface area (Å²) in [6, 6.07) is 32.3. The van der Waals surface area contributed by atoms with E-state index >= 15 is 0 Å². The van der Waals surface area contributed by atoms with E-state index in [-0.39, 0.29) is 22.3 Å². The first-order valence-corrected chi connectivity index (χ1v) is 19.2. The molecular weight excluding hydrogens is 906 g/mol. The average Bonchev–Trinajstić information content (AvgIpc) is 3.18. The number of aromatic amines is 1. The molecule has 0 aliphatic rings. The Balaban J connectivity index is 0.000000257. The molecule has 0 aliphatic heterocycles. The van der Waals surface area contributed by atoms with Crippen molar-refractivity contribution in [1.82, 2.24) is 24.9 Å². The van der Waals surface area contributed by atoms with Crippen molar-refractivity contribution in [3.05, 3.63) is 158 Å². The maximum atomic E-state index is 4.79. The van der Waals surface area contributed by atoms with E-state index in [2.05, 4.69) is 120 Å². The number of anilines is 2. The number of nitrogens with one attached hydrogen (secondary N) is 3. The highest BCUT2D eigenvalue weighted by molar-refractivity contribution is 9.11. The van der Waals surface area contributed by atoms with Crippen molar-refractivity contribution in [1.29, 1.82) is 0 Å². The van der Waals surface area contributed by atoms with Crippen LogP contribution in [-0.4, -0.2) is 39.0 Å². The van der Waals surface area contributed by atoms with Crippen LogP contribution in [0.25, 0.3) is 32.3 Å². The Kier molecular flexibility index (Phi) is 20.0. The van der Waals surface area contributed by atoms with Crippen LogP contribution in [0.5, 0.6) is 0 Å². The van der Waals surface area contributed by atoms with Crippen molar-refractivity contribution in [2.24, 2.45) is 0 Å². The molecule has 0 fully saturated rings. The summed E-state index contributed by atoms with van der Waals surface area (Å²) < 4.78 is 3.82. The Bertz CT molecular complexity index is 2350. The summed E-state index contributed by atoms with van der Waals surface area (Å²) in [7, 11) is 3.77. The Morgan fingerprint density at radius 3 is 1.50 bits per heavy atom. The highest BCUT2D eigenvalue weighted by atomic mass is 79.9. The quantitative estimate of drug-likeness (QED) is 0.119. The number of rotatable bonds is 4. The predicted molar refractivity (Wildman–Crippen MR) is 248 cm³/mol. The van der Waals surface area contributed by atoms with Crippen LogP contribution in [-0.2, 0) is 0 Å². The smallest absolute Gasteiger partial charge is 0.133 e. The molecule has 0 amide bonds. The van der Waals surface area contributed by atoms with E-state index in [4.69, 9.17) is 12.2 Å². The van der Waals surface area contributed by atoms with Crippen molar-refractivity contribution in [2.45, 2.75) is 32.1 Å². The molecule has 5 aromatic heterocycles. The van der Waals surface area contributed by atoms with E-state index in [1.807, 2.05) is 99.5 Å². The number of fused-ring (bicyclic) bond motifs is 3. The van der Waals surface area contributed by atoms with Gasteiger partial charge in [-0.1, -0.05) is 119 Å². The first kappa shape index (κ1) is 46.0. The Morgan fingerprint density at radius 2 is 1.00 bits per heavy atom. The maximum absolute atomic E-state index is 4.79. The van der Waals surface area contributed by atoms with Crippen LogP contribution in [0.4, 0.5) is 11.6 Å². The van der Waals surface area contributed by atoms with Gasteiger partial charge in [-0.25, -0.2) is 15.0 Å². The molecule has 0 bridgehead atoms. The summed E-state index contributed by atoms with van der Waals surface area (Å²) in [6.45, 7) is 0. The summed E-state index contributed by atoms with van der Waals surface area (Å²) in [6.07, 6.45) is 12.8. The molecule has 8 rings (SSSR count). The molecule has 5 heterocycles. The van der Waals surface area contributed by atoms with Crippen LogP contribution < -0.4 is 10.6 Å². The lowest BCUT2D eigenvalue weighted by atomic mass is 10.1. The zero-order chi connectivity index (χ0) is 36.0. The minimum Gasteiger partial charge on any atom is -0.373 e. The molecule has 3 aromatic carbocycles. The van der Waals surface area contributed by atoms with Crippen molar-refractivity contribution in [2.75, 3.05) is 24.7 Å². The molecule has 0 radical (unpaired) electrons. The fourth-order valence-corrected chi connectivity index (χ4v) is 7.22. The lowest BCUT2D eigenvalue weighted by molar-refractivity contribution is 1.24. The van der Waals surface area contributed by atoms with Gasteiger partial charge in [0.2, 0.25) is 0 Å². The molecule has 0 atom stereocenters. The van der Waals surface area contributed by atoms with E-state index in [0.29, 0.717) is 0 Å². The molecule has 8 aromatic rings. The van der Waals surface area contributed by atoms with Gasteiger partial charge in [-0.2, -0.15) is 0 Å². The number of H-pyrrole nitrogens is 1. The van der Waals surface area contributed by atoms with Crippen LogP contribution in [0.3, 0.4) is 0 Å². The lowest BCUT2D eigenvalue weighted by Gasteiger charge is -2.09. The van der Waals surface area contributed by atoms with Gasteiger partial charge in [0.15, 0.2) is 0 Å². The summed E-state index contributed by atoms with van der Waals surface area (Å²) in [5, 5.41) is 13.2. The van der Waals surface area contributed by atoms with E-state index < -0.39 is 0 Å². The highest BCUT2D eigenvalue weighted by Crippen LogP contribution is 2.35. The van der Waals surface area contributed by atoms with Gasteiger partial charge in [-0.15, -0.1) is 0 Å². The summed E-state index contributed by atoms with van der Waals surface area (Å²) >= 11 is 16.8. The van der Waals surface area contributed by atoms with Crippen LogP contribution in [0, 0.1) is 4.51 Å². The standard InChI is InChI=1S/C15H13N3S.C10H9BrN2.C9H5Br2N.C5H5NS.3CH4/c1-16-15-13-5-3-2-4-12(13)14(10-18-15)19-11-6-8-17-9-7-11;1-12-10-8-5-3-2-4-7(8)9(11)6-13-10;10-8-5-12-9(11)7-4-2-1-3-6(7)8;7-5-1-3-6-4-2-5;;;/h2-10H,1H3,(H,16,18);2-6H,1H3,(H,12,13);1-5H;1-4H,(H,6,7);3*1H4. The maximum Gasteiger partial charge on any atom is 0.133 e. The largest absolute Gasteiger partial charge is 0.373 e.